The van der Waals surface area contributed by atoms with Crippen LogP contribution in [-0.2, 0) is 11.3 Å². The third kappa shape index (κ3) is 3.65. The molecule has 0 aliphatic carbocycles. The van der Waals surface area contributed by atoms with Crippen LogP contribution in [0.3, 0.4) is 0 Å². The van der Waals surface area contributed by atoms with E-state index in [2.05, 4.69) is 46.8 Å². The summed E-state index contributed by atoms with van der Waals surface area (Å²) < 4.78 is 14.1. The lowest BCUT2D eigenvalue weighted by atomic mass is 9.85. The van der Waals surface area contributed by atoms with Crippen LogP contribution in [-0.4, -0.2) is 23.3 Å². The van der Waals surface area contributed by atoms with Crippen LogP contribution >= 0.6 is 0 Å². The van der Waals surface area contributed by atoms with Gasteiger partial charge in [-0.15, -0.1) is 0 Å². The summed E-state index contributed by atoms with van der Waals surface area (Å²) in [6.45, 7) is 5.60. The Hall–Kier alpha value is -2.59. The molecular weight excluding hydrogens is 324 g/mol. The number of hydrogen-bond donors (Lipinski definition) is 0. The van der Waals surface area contributed by atoms with Crippen molar-refractivity contribution in [3.8, 4) is 5.75 Å². The fourth-order valence-electron chi connectivity index (χ4n) is 3.44. The Morgan fingerprint density at radius 1 is 1.00 bits per heavy atom. The summed E-state index contributed by atoms with van der Waals surface area (Å²) in [7, 11) is 1.75. The molecule has 4 heteroatoms. The zero-order valence-corrected chi connectivity index (χ0v) is 15.6. The van der Waals surface area contributed by atoms with Gasteiger partial charge in [-0.05, 0) is 25.5 Å². The van der Waals surface area contributed by atoms with Gasteiger partial charge in [0, 0.05) is 37.5 Å². The summed E-state index contributed by atoms with van der Waals surface area (Å²) >= 11 is 0. The van der Waals surface area contributed by atoms with Gasteiger partial charge in [-0.25, -0.2) is 4.98 Å². The standard InChI is InChI=1S/C22H26N2O2/c1-4-24-16-15-23-22(24)21(25-3)20(17-11-7-6-8-12-17)18-13-9-10-14-19(18)26-5-2/h6-16,20-21H,4-5H2,1-3H3. The Morgan fingerprint density at radius 3 is 2.42 bits per heavy atom. The molecule has 0 bridgehead atoms. The molecule has 1 aromatic heterocycles. The average molecular weight is 350 g/mol. The van der Waals surface area contributed by atoms with E-state index < -0.39 is 0 Å². The summed E-state index contributed by atoms with van der Waals surface area (Å²) in [5.74, 6) is 1.80. The first kappa shape index (κ1) is 18.2. The van der Waals surface area contributed by atoms with E-state index in [1.54, 1.807) is 7.11 Å². The van der Waals surface area contributed by atoms with Crippen molar-refractivity contribution in [2.24, 2.45) is 0 Å². The van der Waals surface area contributed by atoms with Gasteiger partial charge < -0.3 is 14.0 Å². The minimum absolute atomic E-state index is 0.0170. The van der Waals surface area contributed by atoms with Gasteiger partial charge in [0.2, 0.25) is 0 Å². The van der Waals surface area contributed by atoms with Crippen LogP contribution in [0.1, 0.15) is 42.8 Å². The van der Waals surface area contributed by atoms with E-state index in [1.807, 2.05) is 43.6 Å². The van der Waals surface area contributed by atoms with Crippen molar-refractivity contribution in [3.05, 3.63) is 83.9 Å². The normalized spacial score (nSPS) is 13.3. The van der Waals surface area contributed by atoms with Gasteiger partial charge in [0.1, 0.15) is 17.7 Å². The van der Waals surface area contributed by atoms with E-state index in [0.29, 0.717) is 6.61 Å². The molecule has 0 saturated heterocycles. The number of aryl methyl sites for hydroxylation is 1. The van der Waals surface area contributed by atoms with E-state index in [-0.39, 0.29) is 12.0 Å². The van der Waals surface area contributed by atoms with E-state index in [4.69, 9.17) is 9.47 Å². The van der Waals surface area contributed by atoms with Crippen molar-refractivity contribution in [3.63, 3.8) is 0 Å². The lowest BCUT2D eigenvalue weighted by Crippen LogP contribution is -2.20. The Bertz CT molecular complexity index is 814. The van der Waals surface area contributed by atoms with Gasteiger partial charge in [0.15, 0.2) is 0 Å². The highest BCUT2D eigenvalue weighted by Crippen LogP contribution is 2.42. The highest BCUT2D eigenvalue weighted by atomic mass is 16.5. The number of aromatic nitrogens is 2. The number of rotatable bonds is 8. The summed E-state index contributed by atoms with van der Waals surface area (Å²) in [6.07, 6.45) is 3.62. The average Bonchev–Trinajstić information content (AvgIpc) is 3.16. The van der Waals surface area contributed by atoms with Crippen LogP contribution in [0.5, 0.6) is 5.75 Å². The number of imidazole rings is 1. The van der Waals surface area contributed by atoms with E-state index >= 15 is 0 Å². The second kappa shape index (κ2) is 8.68. The van der Waals surface area contributed by atoms with Crippen molar-refractivity contribution in [2.45, 2.75) is 32.4 Å². The first-order chi connectivity index (χ1) is 12.8. The Balaban J connectivity index is 2.16. The minimum atomic E-state index is -0.214. The number of para-hydroxylation sites is 1. The molecule has 136 valence electrons. The highest BCUT2D eigenvalue weighted by Gasteiger charge is 2.31. The van der Waals surface area contributed by atoms with Gasteiger partial charge in [0.25, 0.3) is 0 Å². The Labute approximate surface area is 155 Å². The van der Waals surface area contributed by atoms with Gasteiger partial charge in [-0.3, -0.25) is 0 Å². The van der Waals surface area contributed by atoms with E-state index in [0.717, 1.165) is 23.7 Å². The first-order valence-electron chi connectivity index (χ1n) is 9.10. The number of ether oxygens (including phenoxy) is 2. The number of hydrogen-bond acceptors (Lipinski definition) is 3. The Morgan fingerprint density at radius 2 is 1.73 bits per heavy atom. The van der Waals surface area contributed by atoms with Crippen molar-refractivity contribution in [1.29, 1.82) is 0 Å². The molecule has 0 saturated carbocycles. The molecule has 0 amide bonds. The SMILES string of the molecule is CCOc1ccccc1C(c1ccccc1)C(OC)c1nccn1CC. The minimum Gasteiger partial charge on any atom is -0.494 e. The van der Waals surface area contributed by atoms with E-state index in [9.17, 15) is 0 Å². The van der Waals surface area contributed by atoms with Crippen LogP contribution in [0.4, 0.5) is 0 Å². The van der Waals surface area contributed by atoms with Gasteiger partial charge in [0.05, 0.1) is 6.61 Å². The molecule has 0 spiro atoms. The molecule has 0 N–H and O–H groups in total. The fraction of sp³-hybridized carbons (Fsp3) is 0.318. The van der Waals surface area contributed by atoms with Crippen LogP contribution in [0.15, 0.2) is 67.0 Å². The quantitative estimate of drug-likeness (QED) is 0.584. The smallest absolute Gasteiger partial charge is 0.138 e. The number of nitrogens with zero attached hydrogens (tertiary/aromatic N) is 2. The molecule has 2 aromatic carbocycles. The molecular formula is C22H26N2O2. The molecule has 0 fully saturated rings. The first-order valence-corrected chi connectivity index (χ1v) is 9.10. The molecule has 2 unspecified atom stereocenters. The lowest BCUT2D eigenvalue weighted by Gasteiger charge is -2.28. The molecule has 1 heterocycles. The number of methoxy groups -OCH3 is 1. The monoisotopic (exact) mass is 350 g/mol. The molecule has 0 aliphatic rings. The van der Waals surface area contributed by atoms with Crippen LogP contribution in [0.2, 0.25) is 0 Å². The van der Waals surface area contributed by atoms with Crippen molar-refractivity contribution in [2.75, 3.05) is 13.7 Å². The third-order valence-corrected chi connectivity index (χ3v) is 4.61. The lowest BCUT2D eigenvalue weighted by molar-refractivity contribution is 0.0780. The molecule has 4 nitrogen and oxygen atoms in total. The van der Waals surface area contributed by atoms with Crippen molar-refractivity contribution in [1.82, 2.24) is 9.55 Å². The summed E-state index contributed by atoms with van der Waals surface area (Å²) in [6, 6.07) is 18.6. The maximum Gasteiger partial charge on any atom is 0.138 e. The third-order valence-electron chi connectivity index (χ3n) is 4.61. The topological polar surface area (TPSA) is 36.3 Å². The molecule has 3 aromatic rings. The predicted molar refractivity (Wildman–Crippen MR) is 104 cm³/mol. The number of benzene rings is 2. The summed E-state index contributed by atoms with van der Waals surface area (Å²) in [4.78, 5) is 4.60. The van der Waals surface area contributed by atoms with Crippen molar-refractivity contribution < 1.29 is 9.47 Å². The van der Waals surface area contributed by atoms with Crippen LogP contribution in [0, 0.1) is 0 Å². The summed E-state index contributed by atoms with van der Waals surface area (Å²) in [5.41, 5.74) is 2.29. The Kier molecular flexibility index (Phi) is 6.08. The molecule has 0 aliphatic heterocycles. The molecule has 2 atom stereocenters. The van der Waals surface area contributed by atoms with Crippen LogP contribution < -0.4 is 4.74 Å². The molecule has 26 heavy (non-hydrogen) atoms. The second-order valence-electron chi connectivity index (χ2n) is 6.09. The maximum atomic E-state index is 6.00. The highest BCUT2D eigenvalue weighted by molar-refractivity contribution is 5.43. The van der Waals surface area contributed by atoms with Crippen LogP contribution in [0.25, 0.3) is 0 Å². The van der Waals surface area contributed by atoms with Gasteiger partial charge >= 0.3 is 0 Å². The van der Waals surface area contributed by atoms with Gasteiger partial charge in [-0.2, -0.15) is 0 Å². The maximum absolute atomic E-state index is 6.00. The fourth-order valence-corrected chi connectivity index (χ4v) is 3.44. The van der Waals surface area contributed by atoms with Crippen molar-refractivity contribution >= 4 is 0 Å². The summed E-state index contributed by atoms with van der Waals surface area (Å²) in [5, 5.41) is 0. The zero-order valence-electron chi connectivity index (χ0n) is 15.6. The zero-order chi connectivity index (χ0) is 18.4. The molecule has 0 radical (unpaired) electrons. The largest absolute Gasteiger partial charge is 0.494 e. The van der Waals surface area contributed by atoms with Gasteiger partial charge in [-0.1, -0.05) is 48.5 Å². The molecule has 3 rings (SSSR count). The second-order valence-corrected chi connectivity index (χ2v) is 6.09. The van der Waals surface area contributed by atoms with E-state index in [1.165, 1.54) is 5.56 Å². The predicted octanol–water partition coefficient (Wildman–Crippen LogP) is 4.82.